The Labute approximate surface area is 183 Å². The second-order valence-electron chi connectivity index (χ2n) is 8.07. The predicted molar refractivity (Wildman–Crippen MR) is 119 cm³/mol. The minimum absolute atomic E-state index is 0.0557. The SMILES string of the molecule is CC(C)C(=O)NC(CC1CCCCN1Cc1ccc(Cl)c(Cl)c1)c1ccccn1. The minimum Gasteiger partial charge on any atom is -0.347 e. The van der Waals surface area contributed by atoms with E-state index in [0.29, 0.717) is 16.1 Å². The molecule has 2 aromatic rings. The quantitative estimate of drug-likeness (QED) is 0.613. The Morgan fingerprint density at radius 2 is 2.03 bits per heavy atom. The van der Waals surface area contributed by atoms with Crippen molar-refractivity contribution in [2.75, 3.05) is 6.54 Å². The molecule has 1 N–H and O–H groups in total. The van der Waals surface area contributed by atoms with Gasteiger partial charge < -0.3 is 5.32 Å². The van der Waals surface area contributed by atoms with Gasteiger partial charge in [0.05, 0.1) is 21.8 Å². The maximum Gasteiger partial charge on any atom is 0.223 e. The van der Waals surface area contributed by atoms with Crippen LogP contribution >= 0.6 is 23.2 Å². The Hall–Kier alpha value is -1.62. The first-order chi connectivity index (χ1) is 13.9. The van der Waals surface area contributed by atoms with Gasteiger partial charge in [-0.2, -0.15) is 0 Å². The van der Waals surface area contributed by atoms with Crippen LogP contribution in [0, 0.1) is 5.92 Å². The Morgan fingerprint density at radius 1 is 1.21 bits per heavy atom. The molecule has 0 aliphatic carbocycles. The van der Waals surface area contributed by atoms with E-state index in [0.717, 1.165) is 37.2 Å². The molecule has 1 aliphatic rings. The van der Waals surface area contributed by atoms with Gasteiger partial charge in [0.1, 0.15) is 0 Å². The number of carbonyl (C=O) groups is 1. The standard InChI is InChI=1S/C23H29Cl2N3O/c1-16(2)23(29)27-22(21-8-3-5-11-26-21)14-18-7-4-6-12-28(18)15-17-9-10-19(24)20(25)13-17/h3,5,8-11,13,16,18,22H,4,6-7,12,14-15H2,1-2H3,(H,27,29). The van der Waals surface area contributed by atoms with Crippen LogP contribution < -0.4 is 5.32 Å². The molecule has 1 saturated heterocycles. The molecule has 3 rings (SSSR count). The number of nitrogens with one attached hydrogen (secondary N) is 1. The number of amides is 1. The molecule has 2 unspecified atom stereocenters. The third kappa shape index (κ3) is 6.18. The maximum absolute atomic E-state index is 12.4. The summed E-state index contributed by atoms with van der Waals surface area (Å²) in [6.07, 6.45) is 6.14. The molecule has 1 aromatic carbocycles. The van der Waals surface area contributed by atoms with Crippen LogP contribution in [0.5, 0.6) is 0 Å². The normalized spacial score (nSPS) is 18.6. The van der Waals surface area contributed by atoms with Crippen molar-refractivity contribution in [1.82, 2.24) is 15.2 Å². The van der Waals surface area contributed by atoms with Gasteiger partial charge in [0.15, 0.2) is 0 Å². The zero-order valence-electron chi connectivity index (χ0n) is 17.1. The molecule has 0 radical (unpaired) electrons. The average Bonchev–Trinajstić information content (AvgIpc) is 2.72. The van der Waals surface area contributed by atoms with Crippen LogP contribution in [0.25, 0.3) is 0 Å². The highest BCUT2D eigenvalue weighted by atomic mass is 35.5. The Bertz CT molecular complexity index is 813. The summed E-state index contributed by atoms with van der Waals surface area (Å²) in [6, 6.07) is 12.0. The number of pyridine rings is 1. The summed E-state index contributed by atoms with van der Waals surface area (Å²) in [4.78, 5) is 19.5. The van der Waals surface area contributed by atoms with Crippen LogP contribution in [-0.4, -0.2) is 28.4 Å². The summed E-state index contributed by atoms with van der Waals surface area (Å²) >= 11 is 12.3. The van der Waals surface area contributed by atoms with E-state index < -0.39 is 0 Å². The van der Waals surface area contributed by atoms with Crippen molar-refractivity contribution in [3.8, 4) is 0 Å². The highest BCUT2D eigenvalue weighted by molar-refractivity contribution is 6.42. The summed E-state index contributed by atoms with van der Waals surface area (Å²) < 4.78 is 0. The number of halogens is 2. The summed E-state index contributed by atoms with van der Waals surface area (Å²) in [6.45, 7) is 5.70. The van der Waals surface area contributed by atoms with E-state index in [1.54, 1.807) is 6.20 Å². The van der Waals surface area contributed by atoms with Gasteiger partial charge in [0.2, 0.25) is 5.91 Å². The lowest BCUT2D eigenvalue weighted by molar-refractivity contribution is -0.125. The van der Waals surface area contributed by atoms with E-state index in [2.05, 4.69) is 15.2 Å². The van der Waals surface area contributed by atoms with Gasteiger partial charge in [0, 0.05) is 24.7 Å². The van der Waals surface area contributed by atoms with E-state index in [9.17, 15) is 4.79 Å². The van der Waals surface area contributed by atoms with Crippen molar-refractivity contribution in [1.29, 1.82) is 0 Å². The van der Waals surface area contributed by atoms with Crippen molar-refractivity contribution in [3.05, 3.63) is 63.9 Å². The Morgan fingerprint density at radius 3 is 2.72 bits per heavy atom. The summed E-state index contributed by atoms with van der Waals surface area (Å²) in [5.41, 5.74) is 2.08. The second kappa shape index (κ2) is 10.4. The number of nitrogens with zero attached hydrogens (tertiary/aromatic N) is 2. The molecule has 6 heteroatoms. The van der Waals surface area contributed by atoms with Crippen LogP contribution in [0.3, 0.4) is 0 Å². The molecule has 4 nitrogen and oxygen atoms in total. The third-order valence-corrected chi connectivity index (χ3v) is 6.25. The van der Waals surface area contributed by atoms with E-state index in [-0.39, 0.29) is 17.9 Å². The number of hydrogen-bond donors (Lipinski definition) is 1. The zero-order valence-corrected chi connectivity index (χ0v) is 18.6. The van der Waals surface area contributed by atoms with Crippen molar-refractivity contribution >= 4 is 29.1 Å². The average molecular weight is 434 g/mol. The van der Waals surface area contributed by atoms with Crippen LogP contribution in [-0.2, 0) is 11.3 Å². The lowest BCUT2D eigenvalue weighted by Gasteiger charge is -2.38. The van der Waals surface area contributed by atoms with Gasteiger partial charge in [-0.25, -0.2) is 0 Å². The number of benzene rings is 1. The fourth-order valence-electron chi connectivity index (χ4n) is 3.85. The van der Waals surface area contributed by atoms with Gasteiger partial charge >= 0.3 is 0 Å². The number of aromatic nitrogens is 1. The Balaban J connectivity index is 1.76. The molecular weight excluding hydrogens is 405 g/mol. The largest absolute Gasteiger partial charge is 0.347 e. The molecule has 156 valence electrons. The molecule has 0 spiro atoms. The number of hydrogen-bond acceptors (Lipinski definition) is 3. The molecule has 1 aromatic heterocycles. The number of rotatable bonds is 7. The lowest BCUT2D eigenvalue weighted by atomic mass is 9.93. The van der Waals surface area contributed by atoms with Gasteiger partial charge in [-0.3, -0.25) is 14.7 Å². The summed E-state index contributed by atoms with van der Waals surface area (Å²) in [5.74, 6) is 0.00683. The smallest absolute Gasteiger partial charge is 0.223 e. The van der Waals surface area contributed by atoms with E-state index in [1.165, 1.54) is 12.8 Å². The predicted octanol–water partition coefficient (Wildman–Crippen LogP) is 5.65. The molecule has 1 fully saturated rings. The molecule has 0 saturated carbocycles. The number of piperidine rings is 1. The van der Waals surface area contributed by atoms with Gasteiger partial charge in [-0.15, -0.1) is 0 Å². The highest BCUT2D eigenvalue weighted by Gasteiger charge is 2.28. The number of carbonyl (C=O) groups excluding carboxylic acids is 1. The summed E-state index contributed by atoms with van der Waals surface area (Å²) in [7, 11) is 0. The van der Waals surface area contributed by atoms with Gasteiger partial charge in [-0.05, 0) is 55.6 Å². The van der Waals surface area contributed by atoms with Crippen LogP contribution in [0.4, 0.5) is 0 Å². The van der Waals surface area contributed by atoms with Crippen LogP contribution in [0.2, 0.25) is 10.0 Å². The monoisotopic (exact) mass is 433 g/mol. The molecule has 1 amide bonds. The highest BCUT2D eigenvalue weighted by Crippen LogP contribution is 2.29. The molecule has 1 aliphatic heterocycles. The Kier molecular flexibility index (Phi) is 7.93. The van der Waals surface area contributed by atoms with Crippen molar-refractivity contribution < 1.29 is 4.79 Å². The fraction of sp³-hybridized carbons (Fsp3) is 0.478. The minimum atomic E-state index is -0.0921. The fourth-order valence-corrected chi connectivity index (χ4v) is 4.17. The van der Waals surface area contributed by atoms with Crippen molar-refractivity contribution in [3.63, 3.8) is 0 Å². The zero-order chi connectivity index (χ0) is 20.8. The van der Waals surface area contributed by atoms with Crippen LogP contribution in [0.1, 0.15) is 56.8 Å². The lowest BCUT2D eigenvalue weighted by Crippen LogP contribution is -2.43. The summed E-state index contributed by atoms with van der Waals surface area (Å²) in [5, 5.41) is 4.39. The maximum atomic E-state index is 12.4. The first kappa shape index (κ1) is 22.1. The van der Waals surface area contributed by atoms with Gasteiger partial charge in [0.25, 0.3) is 0 Å². The molecule has 2 atom stereocenters. The molecule has 2 heterocycles. The number of likely N-dealkylation sites (tertiary alicyclic amines) is 1. The molecular formula is C23H29Cl2N3O. The van der Waals surface area contributed by atoms with Crippen LogP contribution in [0.15, 0.2) is 42.6 Å². The molecule has 29 heavy (non-hydrogen) atoms. The van der Waals surface area contributed by atoms with Crippen molar-refractivity contribution in [2.24, 2.45) is 5.92 Å². The third-order valence-electron chi connectivity index (χ3n) is 5.51. The van der Waals surface area contributed by atoms with Gasteiger partial charge in [-0.1, -0.05) is 55.6 Å². The van der Waals surface area contributed by atoms with E-state index in [4.69, 9.17) is 23.2 Å². The first-order valence-electron chi connectivity index (χ1n) is 10.3. The van der Waals surface area contributed by atoms with Crippen molar-refractivity contribution in [2.45, 2.75) is 58.2 Å². The van der Waals surface area contributed by atoms with E-state index >= 15 is 0 Å². The topological polar surface area (TPSA) is 45.2 Å². The second-order valence-corrected chi connectivity index (χ2v) is 8.89. The van der Waals surface area contributed by atoms with E-state index in [1.807, 2.05) is 50.2 Å². The molecule has 0 bridgehead atoms. The first-order valence-corrected chi connectivity index (χ1v) is 11.1.